The highest BCUT2D eigenvalue weighted by Crippen LogP contribution is 2.18. The van der Waals surface area contributed by atoms with Gasteiger partial charge in [-0.15, -0.1) is 0 Å². The first-order valence-corrected chi connectivity index (χ1v) is 6.25. The van der Waals surface area contributed by atoms with Gasteiger partial charge in [-0.25, -0.2) is 0 Å². The fourth-order valence-electron chi connectivity index (χ4n) is 2.11. The lowest BCUT2D eigenvalue weighted by atomic mass is 9.96. The van der Waals surface area contributed by atoms with Crippen LogP contribution in [-0.2, 0) is 9.53 Å². The fraction of sp³-hybridized carbons (Fsp3) is 0.917. The molecule has 0 spiro atoms. The van der Waals surface area contributed by atoms with Gasteiger partial charge in [0.05, 0.1) is 13.2 Å². The molecule has 1 aliphatic heterocycles. The van der Waals surface area contributed by atoms with Crippen molar-refractivity contribution >= 4 is 5.91 Å². The standard InChI is InChI=1S/C12H24N2O2/c1-3-11-5-4-7-14(10-11)12(15)9-13-6-8-16-2/h11,13H,3-10H2,1-2H3. The minimum Gasteiger partial charge on any atom is -0.383 e. The Morgan fingerprint density at radius 2 is 2.38 bits per heavy atom. The van der Waals surface area contributed by atoms with E-state index in [4.69, 9.17) is 4.74 Å². The molecule has 94 valence electrons. The lowest BCUT2D eigenvalue weighted by Crippen LogP contribution is -2.44. The third-order valence-corrected chi connectivity index (χ3v) is 3.21. The number of amides is 1. The van der Waals surface area contributed by atoms with Crippen LogP contribution in [0.2, 0.25) is 0 Å². The highest BCUT2D eigenvalue weighted by Gasteiger charge is 2.21. The molecule has 4 nitrogen and oxygen atoms in total. The molecule has 1 heterocycles. The molecular weight excluding hydrogens is 204 g/mol. The third kappa shape index (κ3) is 4.49. The van der Waals surface area contributed by atoms with E-state index >= 15 is 0 Å². The van der Waals surface area contributed by atoms with Gasteiger partial charge in [-0.3, -0.25) is 4.79 Å². The van der Waals surface area contributed by atoms with Crippen LogP contribution in [0.5, 0.6) is 0 Å². The summed E-state index contributed by atoms with van der Waals surface area (Å²) in [5.74, 6) is 0.936. The van der Waals surface area contributed by atoms with Gasteiger partial charge in [0.25, 0.3) is 0 Å². The van der Waals surface area contributed by atoms with Gasteiger partial charge in [0.2, 0.25) is 5.91 Å². The number of methoxy groups -OCH3 is 1. The Hall–Kier alpha value is -0.610. The zero-order valence-electron chi connectivity index (χ0n) is 10.5. The highest BCUT2D eigenvalue weighted by molar-refractivity contribution is 5.78. The van der Waals surface area contributed by atoms with E-state index in [-0.39, 0.29) is 5.91 Å². The molecule has 1 atom stereocenters. The summed E-state index contributed by atoms with van der Waals surface area (Å²) in [7, 11) is 1.67. The molecule has 1 saturated heterocycles. The van der Waals surface area contributed by atoms with Crippen molar-refractivity contribution in [2.24, 2.45) is 5.92 Å². The van der Waals surface area contributed by atoms with E-state index < -0.39 is 0 Å². The average molecular weight is 228 g/mol. The molecule has 1 aliphatic rings. The van der Waals surface area contributed by atoms with Crippen LogP contribution in [0.3, 0.4) is 0 Å². The van der Waals surface area contributed by atoms with Crippen LogP contribution in [0.25, 0.3) is 0 Å². The van der Waals surface area contributed by atoms with E-state index in [0.29, 0.717) is 19.1 Å². The summed E-state index contributed by atoms with van der Waals surface area (Å²) in [6.45, 7) is 5.93. The Morgan fingerprint density at radius 1 is 1.56 bits per heavy atom. The molecule has 0 aromatic rings. The maximum atomic E-state index is 11.8. The smallest absolute Gasteiger partial charge is 0.236 e. The van der Waals surface area contributed by atoms with Crippen LogP contribution in [0, 0.1) is 5.92 Å². The molecule has 16 heavy (non-hydrogen) atoms. The predicted molar refractivity (Wildman–Crippen MR) is 64.3 cm³/mol. The number of rotatable bonds is 6. The first-order valence-electron chi connectivity index (χ1n) is 6.25. The maximum absolute atomic E-state index is 11.8. The third-order valence-electron chi connectivity index (χ3n) is 3.21. The second-order valence-electron chi connectivity index (χ2n) is 4.43. The van der Waals surface area contributed by atoms with Crippen molar-refractivity contribution in [3.05, 3.63) is 0 Å². The Bertz CT molecular complexity index is 209. The number of nitrogens with zero attached hydrogens (tertiary/aromatic N) is 1. The predicted octanol–water partition coefficient (Wildman–Crippen LogP) is 0.871. The molecule has 0 aromatic carbocycles. The quantitative estimate of drug-likeness (QED) is 0.686. The van der Waals surface area contributed by atoms with Gasteiger partial charge in [0.15, 0.2) is 0 Å². The summed E-state index contributed by atoms with van der Waals surface area (Å²) in [4.78, 5) is 13.8. The largest absolute Gasteiger partial charge is 0.383 e. The molecular formula is C12H24N2O2. The highest BCUT2D eigenvalue weighted by atomic mass is 16.5. The Balaban J connectivity index is 2.19. The van der Waals surface area contributed by atoms with Crippen molar-refractivity contribution in [2.75, 3.05) is 39.9 Å². The number of likely N-dealkylation sites (tertiary alicyclic amines) is 1. The van der Waals surface area contributed by atoms with Crippen molar-refractivity contribution in [2.45, 2.75) is 26.2 Å². The summed E-state index contributed by atoms with van der Waals surface area (Å²) in [6.07, 6.45) is 3.61. The summed E-state index contributed by atoms with van der Waals surface area (Å²) < 4.78 is 4.92. The number of hydrogen-bond donors (Lipinski definition) is 1. The molecule has 0 bridgehead atoms. The Labute approximate surface area is 98.3 Å². The van der Waals surface area contributed by atoms with Crippen molar-refractivity contribution in [1.29, 1.82) is 0 Å². The molecule has 1 N–H and O–H groups in total. The van der Waals surface area contributed by atoms with Gasteiger partial charge in [0.1, 0.15) is 0 Å². The lowest BCUT2D eigenvalue weighted by molar-refractivity contribution is -0.132. The molecule has 0 aromatic heterocycles. The molecule has 4 heteroatoms. The van der Waals surface area contributed by atoms with Crippen LogP contribution in [0.15, 0.2) is 0 Å². The van der Waals surface area contributed by atoms with E-state index in [9.17, 15) is 4.79 Å². The zero-order chi connectivity index (χ0) is 11.8. The minimum atomic E-state index is 0.231. The van der Waals surface area contributed by atoms with Crippen LogP contribution >= 0.6 is 0 Å². The number of ether oxygens (including phenoxy) is 1. The van der Waals surface area contributed by atoms with Crippen molar-refractivity contribution in [3.63, 3.8) is 0 Å². The van der Waals surface area contributed by atoms with Crippen molar-refractivity contribution in [3.8, 4) is 0 Å². The topological polar surface area (TPSA) is 41.6 Å². The summed E-state index contributed by atoms with van der Waals surface area (Å²) in [5.41, 5.74) is 0. The monoisotopic (exact) mass is 228 g/mol. The number of hydrogen-bond acceptors (Lipinski definition) is 3. The minimum absolute atomic E-state index is 0.231. The van der Waals surface area contributed by atoms with Crippen molar-refractivity contribution < 1.29 is 9.53 Å². The van der Waals surface area contributed by atoms with Crippen LogP contribution < -0.4 is 5.32 Å². The second kappa shape index (κ2) is 7.63. The van der Waals surface area contributed by atoms with Crippen LogP contribution in [0.4, 0.5) is 0 Å². The SMILES string of the molecule is CCC1CCCN(C(=O)CNCCOC)C1. The summed E-state index contributed by atoms with van der Waals surface area (Å²) in [6, 6.07) is 0. The molecule has 0 radical (unpaired) electrons. The molecule has 0 aliphatic carbocycles. The first kappa shape index (κ1) is 13.5. The number of nitrogens with one attached hydrogen (secondary N) is 1. The Kier molecular flexibility index (Phi) is 6.42. The maximum Gasteiger partial charge on any atom is 0.236 e. The normalized spacial score (nSPS) is 21.1. The molecule has 1 fully saturated rings. The first-order chi connectivity index (χ1) is 7.77. The number of carbonyl (C=O) groups is 1. The van der Waals surface area contributed by atoms with Crippen molar-refractivity contribution in [1.82, 2.24) is 10.2 Å². The number of piperidine rings is 1. The fourth-order valence-corrected chi connectivity index (χ4v) is 2.11. The van der Waals surface area contributed by atoms with E-state index in [0.717, 1.165) is 26.1 Å². The van der Waals surface area contributed by atoms with E-state index in [2.05, 4.69) is 12.2 Å². The van der Waals surface area contributed by atoms with E-state index in [1.165, 1.54) is 12.8 Å². The van der Waals surface area contributed by atoms with Gasteiger partial charge >= 0.3 is 0 Å². The molecule has 1 unspecified atom stereocenters. The van der Waals surface area contributed by atoms with Gasteiger partial charge in [-0.2, -0.15) is 0 Å². The van der Waals surface area contributed by atoms with Crippen LogP contribution in [-0.4, -0.2) is 50.7 Å². The molecule has 1 amide bonds. The van der Waals surface area contributed by atoms with Gasteiger partial charge in [0, 0.05) is 26.7 Å². The summed E-state index contributed by atoms with van der Waals surface area (Å²) >= 11 is 0. The lowest BCUT2D eigenvalue weighted by Gasteiger charge is -2.32. The second-order valence-corrected chi connectivity index (χ2v) is 4.43. The van der Waals surface area contributed by atoms with E-state index in [1.807, 2.05) is 4.90 Å². The van der Waals surface area contributed by atoms with E-state index in [1.54, 1.807) is 7.11 Å². The Morgan fingerprint density at radius 3 is 3.06 bits per heavy atom. The van der Waals surface area contributed by atoms with Gasteiger partial charge < -0.3 is 15.0 Å². The van der Waals surface area contributed by atoms with Gasteiger partial charge in [-0.1, -0.05) is 13.3 Å². The van der Waals surface area contributed by atoms with Gasteiger partial charge in [-0.05, 0) is 18.8 Å². The van der Waals surface area contributed by atoms with Crippen LogP contribution in [0.1, 0.15) is 26.2 Å². The summed E-state index contributed by atoms with van der Waals surface area (Å²) in [5, 5.41) is 3.10. The average Bonchev–Trinajstić information content (AvgIpc) is 2.34. The zero-order valence-corrected chi connectivity index (χ0v) is 10.5. The number of carbonyl (C=O) groups excluding carboxylic acids is 1. The molecule has 0 saturated carbocycles. The molecule has 1 rings (SSSR count).